The van der Waals surface area contributed by atoms with E-state index in [1.165, 1.54) is 30.6 Å². The van der Waals surface area contributed by atoms with Crippen molar-refractivity contribution in [2.45, 2.75) is 11.5 Å². The fraction of sp³-hybridized carbons (Fsp3) is 0.188. The molecule has 24 heavy (non-hydrogen) atoms. The molecular formula is C16H14FNO3S3. The average Bonchev–Trinajstić information content (AvgIpc) is 3.17. The summed E-state index contributed by atoms with van der Waals surface area (Å²) in [5, 5.41) is 4.51. The van der Waals surface area contributed by atoms with E-state index < -0.39 is 15.7 Å². The molecule has 0 aliphatic heterocycles. The Labute approximate surface area is 147 Å². The van der Waals surface area contributed by atoms with Crippen molar-refractivity contribution in [1.82, 2.24) is 4.98 Å². The summed E-state index contributed by atoms with van der Waals surface area (Å²) < 4.78 is 43.2. The van der Waals surface area contributed by atoms with Crippen LogP contribution in [0.2, 0.25) is 0 Å². The van der Waals surface area contributed by atoms with Crippen LogP contribution in [0.3, 0.4) is 0 Å². The molecule has 126 valence electrons. The molecule has 0 radical (unpaired) electrons. The number of benzene rings is 1. The van der Waals surface area contributed by atoms with E-state index in [2.05, 4.69) is 4.98 Å². The quantitative estimate of drug-likeness (QED) is 0.642. The SMILES string of the molecule is COc1ccc(CS(=O)(=O)Cc2csc(-c3cccs3)n2)cc1F. The first-order valence-corrected chi connectivity index (χ1v) is 10.6. The summed E-state index contributed by atoms with van der Waals surface area (Å²) in [6, 6.07) is 8.04. The maximum absolute atomic E-state index is 13.7. The zero-order valence-electron chi connectivity index (χ0n) is 12.7. The molecule has 0 N–H and O–H groups in total. The molecule has 2 aromatic heterocycles. The van der Waals surface area contributed by atoms with Crippen molar-refractivity contribution in [1.29, 1.82) is 0 Å². The van der Waals surface area contributed by atoms with E-state index in [0.29, 0.717) is 11.3 Å². The Morgan fingerprint density at radius 3 is 2.71 bits per heavy atom. The molecule has 0 spiro atoms. The summed E-state index contributed by atoms with van der Waals surface area (Å²) >= 11 is 2.98. The van der Waals surface area contributed by atoms with E-state index in [-0.39, 0.29) is 17.3 Å². The predicted molar refractivity (Wildman–Crippen MR) is 94.7 cm³/mol. The van der Waals surface area contributed by atoms with Gasteiger partial charge in [-0.05, 0) is 29.1 Å². The van der Waals surface area contributed by atoms with Gasteiger partial charge in [0.25, 0.3) is 0 Å². The molecule has 2 heterocycles. The van der Waals surface area contributed by atoms with Gasteiger partial charge >= 0.3 is 0 Å². The normalized spacial score (nSPS) is 11.6. The van der Waals surface area contributed by atoms with Crippen LogP contribution in [0, 0.1) is 5.82 Å². The summed E-state index contributed by atoms with van der Waals surface area (Å²) in [6.07, 6.45) is 0. The molecule has 8 heteroatoms. The fourth-order valence-corrected chi connectivity index (χ4v) is 5.34. The molecule has 0 saturated carbocycles. The molecular weight excluding hydrogens is 369 g/mol. The topological polar surface area (TPSA) is 56.3 Å². The standard InChI is InChI=1S/C16H14FNO3S3/c1-21-14-5-4-11(7-13(14)17)9-24(19,20)10-12-8-23-16(18-12)15-3-2-6-22-15/h2-8H,9-10H2,1H3. The van der Waals surface area contributed by atoms with Crippen molar-refractivity contribution in [2.24, 2.45) is 0 Å². The number of methoxy groups -OCH3 is 1. The molecule has 0 saturated heterocycles. The minimum Gasteiger partial charge on any atom is -0.494 e. The van der Waals surface area contributed by atoms with Gasteiger partial charge in [-0.2, -0.15) is 0 Å². The molecule has 1 aromatic carbocycles. The van der Waals surface area contributed by atoms with Crippen LogP contribution in [0.15, 0.2) is 41.1 Å². The Balaban J connectivity index is 1.73. The number of sulfone groups is 1. The Morgan fingerprint density at radius 1 is 1.21 bits per heavy atom. The van der Waals surface area contributed by atoms with Gasteiger partial charge in [0.1, 0.15) is 5.01 Å². The molecule has 3 aromatic rings. The maximum atomic E-state index is 13.7. The Bertz CT molecular complexity index is 933. The number of thiazole rings is 1. The third-order valence-electron chi connectivity index (χ3n) is 3.25. The van der Waals surface area contributed by atoms with E-state index in [1.807, 2.05) is 17.5 Å². The van der Waals surface area contributed by atoms with Crippen molar-refractivity contribution < 1.29 is 17.5 Å². The van der Waals surface area contributed by atoms with Crippen LogP contribution in [-0.4, -0.2) is 20.5 Å². The Hall–Kier alpha value is -1.77. The lowest BCUT2D eigenvalue weighted by Crippen LogP contribution is -2.08. The zero-order chi connectivity index (χ0) is 17.2. The molecule has 4 nitrogen and oxygen atoms in total. The number of hydrogen-bond acceptors (Lipinski definition) is 6. The highest BCUT2D eigenvalue weighted by Gasteiger charge is 2.17. The second kappa shape index (κ2) is 7.00. The first kappa shape index (κ1) is 17.1. The Kier molecular flexibility index (Phi) is 4.98. The van der Waals surface area contributed by atoms with Crippen LogP contribution in [0.1, 0.15) is 11.3 Å². The number of rotatable bonds is 6. The van der Waals surface area contributed by atoms with Gasteiger partial charge in [0.05, 0.1) is 29.2 Å². The van der Waals surface area contributed by atoms with Crippen molar-refractivity contribution in [3.63, 3.8) is 0 Å². The van der Waals surface area contributed by atoms with Crippen LogP contribution in [0.4, 0.5) is 4.39 Å². The molecule has 0 bridgehead atoms. The second-order valence-corrected chi connectivity index (χ2v) is 8.99. The monoisotopic (exact) mass is 383 g/mol. The highest BCUT2D eigenvalue weighted by Crippen LogP contribution is 2.28. The second-order valence-electron chi connectivity index (χ2n) is 5.12. The van der Waals surface area contributed by atoms with Gasteiger partial charge in [-0.15, -0.1) is 22.7 Å². The summed E-state index contributed by atoms with van der Waals surface area (Å²) in [5.41, 5.74) is 0.902. The minimum atomic E-state index is -3.44. The molecule has 0 atom stereocenters. The van der Waals surface area contributed by atoms with E-state index in [9.17, 15) is 12.8 Å². The lowest BCUT2D eigenvalue weighted by atomic mass is 10.2. The van der Waals surface area contributed by atoms with Crippen molar-refractivity contribution in [3.05, 3.63) is 58.2 Å². The summed E-state index contributed by atoms with van der Waals surface area (Å²) in [7, 11) is -2.08. The zero-order valence-corrected chi connectivity index (χ0v) is 15.2. The molecule has 0 amide bonds. The highest BCUT2D eigenvalue weighted by molar-refractivity contribution is 7.89. The van der Waals surface area contributed by atoms with Crippen molar-refractivity contribution >= 4 is 32.5 Å². The lowest BCUT2D eigenvalue weighted by molar-refractivity contribution is 0.386. The van der Waals surface area contributed by atoms with Crippen LogP contribution < -0.4 is 4.74 Å². The molecule has 0 fully saturated rings. The van der Waals surface area contributed by atoms with Crippen LogP contribution >= 0.6 is 22.7 Å². The van der Waals surface area contributed by atoms with Gasteiger partial charge in [-0.3, -0.25) is 0 Å². The predicted octanol–water partition coefficient (Wildman–Crippen LogP) is 4.13. The van der Waals surface area contributed by atoms with Gasteiger partial charge < -0.3 is 4.74 Å². The summed E-state index contributed by atoms with van der Waals surface area (Å²) in [4.78, 5) is 5.39. The third kappa shape index (κ3) is 4.00. The van der Waals surface area contributed by atoms with Gasteiger partial charge in [-0.1, -0.05) is 12.1 Å². The summed E-state index contributed by atoms with van der Waals surface area (Å²) in [5.74, 6) is -0.877. The maximum Gasteiger partial charge on any atom is 0.165 e. The number of hydrogen-bond donors (Lipinski definition) is 0. The number of thiophene rings is 1. The van der Waals surface area contributed by atoms with Crippen molar-refractivity contribution in [2.75, 3.05) is 7.11 Å². The fourth-order valence-electron chi connectivity index (χ4n) is 2.22. The van der Waals surface area contributed by atoms with Crippen LogP contribution in [0.5, 0.6) is 5.75 Å². The first-order chi connectivity index (χ1) is 11.5. The molecule has 0 unspecified atom stereocenters. The number of ether oxygens (including phenoxy) is 1. The van der Waals surface area contributed by atoms with Crippen molar-refractivity contribution in [3.8, 4) is 15.6 Å². The van der Waals surface area contributed by atoms with E-state index >= 15 is 0 Å². The van der Waals surface area contributed by atoms with Gasteiger partial charge in [0, 0.05) is 5.38 Å². The molecule has 3 rings (SSSR count). The number of nitrogens with zero attached hydrogens (tertiary/aromatic N) is 1. The molecule has 0 aliphatic rings. The lowest BCUT2D eigenvalue weighted by Gasteiger charge is -2.06. The number of halogens is 1. The van der Waals surface area contributed by atoms with E-state index in [0.717, 1.165) is 9.88 Å². The third-order valence-corrected chi connectivity index (χ3v) is 6.69. The van der Waals surface area contributed by atoms with Gasteiger partial charge in [0.2, 0.25) is 0 Å². The van der Waals surface area contributed by atoms with E-state index in [1.54, 1.807) is 22.8 Å². The minimum absolute atomic E-state index is 0.0937. The van der Waals surface area contributed by atoms with E-state index in [4.69, 9.17) is 4.74 Å². The van der Waals surface area contributed by atoms with Crippen LogP contribution in [-0.2, 0) is 21.3 Å². The first-order valence-electron chi connectivity index (χ1n) is 6.98. The molecule has 0 aliphatic carbocycles. The van der Waals surface area contributed by atoms with Gasteiger partial charge in [0.15, 0.2) is 21.4 Å². The largest absolute Gasteiger partial charge is 0.494 e. The van der Waals surface area contributed by atoms with Crippen LogP contribution in [0.25, 0.3) is 9.88 Å². The average molecular weight is 383 g/mol. The number of aromatic nitrogens is 1. The summed E-state index contributed by atoms with van der Waals surface area (Å²) in [6.45, 7) is 0. The highest BCUT2D eigenvalue weighted by atomic mass is 32.2. The smallest absolute Gasteiger partial charge is 0.165 e. The van der Waals surface area contributed by atoms with Gasteiger partial charge in [-0.25, -0.2) is 17.8 Å². The Morgan fingerprint density at radius 2 is 2.04 bits per heavy atom.